The van der Waals surface area contributed by atoms with Crippen LogP contribution in [0.25, 0.3) is 0 Å². The summed E-state index contributed by atoms with van der Waals surface area (Å²) in [4.78, 5) is 13.2. The molecule has 1 aliphatic rings. The van der Waals surface area contributed by atoms with Crippen molar-refractivity contribution < 1.29 is 4.79 Å². The minimum atomic E-state index is -0.00906. The summed E-state index contributed by atoms with van der Waals surface area (Å²) in [6, 6.07) is 5.44. The molecule has 21 heavy (non-hydrogen) atoms. The van der Waals surface area contributed by atoms with E-state index in [9.17, 15) is 4.79 Å². The molecule has 0 aliphatic carbocycles. The van der Waals surface area contributed by atoms with Gasteiger partial charge < -0.3 is 15.5 Å². The van der Waals surface area contributed by atoms with Crippen molar-refractivity contribution in [3.05, 3.63) is 28.2 Å². The van der Waals surface area contributed by atoms with E-state index in [-0.39, 0.29) is 11.9 Å². The highest BCUT2D eigenvalue weighted by Gasteiger charge is 2.22. The number of carbonyl (C=O) groups is 1. The number of nitrogens with zero attached hydrogens (tertiary/aromatic N) is 1. The lowest BCUT2D eigenvalue weighted by Crippen LogP contribution is -2.50. The molecule has 4 nitrogen and oxygen atoms in total. The minimum absolute atomic E-state index is 0.00906. The van der Waals surface area contributed by atoms with Crippen LogP contribution in [0.1, 0.15) is 19.8 Å². The smallest absolute Gasteiger partial charge is 0.217 e. The number of hydrogen-bond acceptors (Lipinski definition) is 2. The quantitative estimate of drug-likeness (QED) is 0.807. The molecule has 1 aromatic carbocycles. The number of rotatable bonds is 2. The molecule has 2 N–H and O–H groups in total. The summed E-state index contributed by atoms with van der Waals surface area (Å²) in [5.41, 5.74) is 0.802. The van der Waals surface area contributed by atoms with Crippen LogP contribution in [-0.4, -0.2) is 35.1 Å². The number of benzene rings is 1. The number of anilines is 1. The lowest BCUT2D eigenvalue weighted by atomic mass is 10.1. The van der Waals surface area contributed by atoms with Crippen LogP contribution in [0, 0.1) is 0 Å². The highest BCUT2D eigenvalue weighted by atomic mass is 35.5. The molecule has 1 aliphatic heterocycles. The van der Waals surface area contributed by atoms with Gasteiger partial charge in [-0.3, -0.25) is 4.79 Å². The van der Waals surface area contributed by atoms with Crippen LogP contribution in [0.2, 0.25) is 10.0 Å². The second-order valence-corrected chi connectivity index (χ2v) is 6.25. The summed E-state index contributed by atoms with van der Waals surface area (Å²) in [6.45, 7) is 3.13. The van der Waals surface area contributed by atoms with E-state index >= 15 is 0 Å². The van der Waals surface area contributed by atoms with Crippen LogP contribution in [-0.2, 0) is 4.79 Å². The zero-order chi connectivity index (χ0) is 15.4. The molecule has 0 aromatic heterocycles. The van der Waals surface area contributed by atoms with Crippen LogP contribution in [0.3, 0.4) is 0 Å². The topological polar surface area (TPSA) is 44.4 Å². The number of piperidine rings is 1. The normalized spacial score (nSPS) is 18.2. The van der Waals surface area contributed by atoms with Crippen molar-refractivity contribution in [3.8, 4) is 0 Å². The molecule has 1 saturated heterocycles. The molecule has 1 heterocycles. The largest absolute Gasteiger partial charge is 0.352 e. The van der Waals surface area contributed by atoms with Gasteiger partial charge in [0.1, 0.15) is 0 Å². The predicted octanol–water partition coefficient (Wildman–Crippen LogP) is 3.29. The number of amides is 1. The van der Waals surface area contributed by atoms with E-state index in [1.807, 2.05) is 6.07 Å². The molecular formula is C14H17Cl2N3OS. The fourth-order valence-electron chi connectivity index (χ4n) is 2.34. The molecule has 1 aromatic rings. The van der Waals surface area contributed by atoms with E-state index in [2.05, 4.69) is 15.5 Å². The van der Waals surface area contributed by atoms with Gasteiger partial charge in [-0.2, -0.15) is 0 Å². The standard InChI is InChI=1S/C14H17Cl2N3OS/c1-9(20)17-11-3-2-6-19(8-11)14(21)18-10-4-5-12(15)13(16)7-10/h4-5,7,11H,2-3,6,8H2,1H3,(H,17,20)(H,18,21). The lowest BCUT2D eigenvalue weighted by Gasteiger charge is -2.34. The second-order valence-electron chi connectivity index (χ2n) is 5.04. The number of nitrogens with one attached hydrogen (secondary N) is 2. The molecule has 7 heteroatoms. The third-order valence-corrected chi connectivity index (χ3v) is 4.39. The van der Waals surface area contributed by atoms with E-state index in [0.29, 0.717) is 21.7 Å². The Morgan fingerprint density at radius 3 is 2.81 bits per heavy atom. The lowest BCUT2D eigenvalue weighted by molar-refractivity contribution is -0.119. The molecule has 0 radical (unpaired) electrons. The Hall–Kier alpha value is -1.04. The van der Waals surface area contributed by atoms with Gasteiger partial charge in [0.15, 0.2) is 5.11 Å². The maximum Gasteiger partial charge on any atom is 0.217 e. The number of thiocarbonyl (C=S) groups is 1. The van der Waals surface area contributed by atoms with Gasteiger partial charge in [0, 0.05) is 31.7 Å². The Labute approximate surface area is 139 Å². The molecule has 1 atom stereocenters. The average Bonchev–Trinajstić information content (AvgIpc) is 2.42. The first-order valence-corrected chi connectivity index (χ1v) is 7.90. The molecule has 1 unspecified atom stereocenters. The van der Waals surface area contributed by atoms with Crippen LogP contribution < -0.4 is 10.6 Å². The van der Waals surface area contributed by atoms with Crippen LogP contribution in [0.4, 0.5) is 5.69 Å². The third-order valence-electron chi connectivity index (χ3n) is 3.29. The van der Waals surface area contributed by atoms with Gasteiger partial charge in [-0.05, 0) is 43.3 Å². The Balaban J connectivity index is 1.96. The molecule has 1 amide bonds. The van der Waals surface area contributed by atoms with Gasteiger partial charge in [-0.15, -0.1) is 0 Å². The predicted molar refractivity (Wildman–Crippen MR) is 91.1 cm³/mol. The van der Waals surface area contributed by atoms with E-state index in [0.717, 1.165) is 25.1 Å². The second kappa shape index (κ2) is 7.29. The number of carbonyl (C=O) groups excluding carboxylic acids is 1. The van der Waals surface area contributed by atoms with Gasteiger partial charge in [0.25, 0.3) is 0 Å². The molecule has 1 fully saturated rings. The average molecular weight is 346 g/mol. The zero-order valence-electron chi connectivity index (χ0n) is 11.7. The number of hydrogen-bond donors (Lipinski definition) is 2. The Morgan fingerprint density at radius 1 is 1.38 bits per heavy atom. The molecular weight excluding hydrogens is 329 g/mol. The maximum atomic E-state index is 11.1. The van der Waals surface area contributed by atoms with Crippen molar-refractivity contribution in [2.75, 3.05) is 18.4 Å². The van der Waals surface area contributed by atoms with Crippen molar-refractivity contribution in [2.45, 2.75) is 25.8 Å². The summed E-state index contributed by atoms with van der Waals surface area (Å²) in [5, 5.41) is 7.72. The Kier molecular flexibility index (Phi) is 5.67. The third kappa shape index (κ3) is 4.73. The molecule has 114 valence electrons. The van der Waals surface area contributed by atoms with Crippen molar-refractivity contribution >= 4 is 52.1 Å². The number of halogens is 2. The fourth-order valence-corrected chi connectivity index (χ4v) is 2.93. The van der Waals surface area contributed by atoms with Gasteiger partial charge in [-0.25, -0.2) is 0 Å². The highest BCUT2D eigenvalue weighted by Crippen LogP contribution is 2.25. The van der Waals surface area contributed by atoms with Crippen LogP contribution >= 0.6 is 35.4 Å². The van der Waals surface area contributed by atoms with Crippen molar-refractivity contribution in [1.82, 2.24) is 10.2 Å². The summed E-state index contributed by atoms with van der Waals surface area (Å²) >= 11 is 17.3. The highest BCUT2D eigenvalue weighted by molar-refractivity contribution is 7.80. The van der Waals surface area contributed by atoms with E-state index in [4.69, 9.17) is 35.4 Å². The van der Waals surface area contributed by atoms with Gasteiger partial charge in [0.2, 0.25) is 5.91 Å². The first kappa shape index (κ1) is 16.3. The summed E-state index contributed by atoms with van der Waals surface area (Å²) in [6.07, 6.45) is 1.97. The molecule has 0 saturated carbocycles. The van der Waals surface area contributed by atoms with Crippen molar-refractivity contribution in [1.29, 1.82) is 0 Å². The van der Waals surface area contributed by atoms with E-state index < -0.39 is 0 Å². The first-order chi connectivity index (χ1) is 9.95. The van der Waals surface area contributed by atoms with Crippen molar-refractivity contribution in [2.24, 2.45) is 0 Å². The van der Waals surface area contributed by atoms with Gasteiger partial charge in [0.05, 0.1) is 10.0 Å². The zero-order valence-corrected chi connectivity index (χ0v) is 14.0. The summed E-state index contributed by atoms with van der Waals surface area (Å²) in [7, 11) is 0. The maximum absolute atomic E-state index is 11.1. The van der Waals surface area contributed by atoms with Gasteiger partial charge in [-0.1, -0.05) is 23.2 Å². The van der Waals surface area contributed by atoms with Gasteiger partial charge >= 0.3 is 0 Å². The first-order valence-electron chi connectivity index (χ1n) is 6.74. The molecule has 2 rings (SSSR count). The Bertz CT molecular complexity index is 553. The van der Waals surface area contributed by atoms with E-state index in [1.54, 1.807) is 12.1 Å². The van der Waals surface area contributed by atoms with E-state index in [1.165, 1.54) is 6.92 Å². The molecule has 0 bridgehead atoms. The van der Waals surface area contributed by atoms with Crippen molar-refractivity contribution in [3.63, 3.8) is 0 Å². The summed E-state index contributed by atoms with van der Waals surface area (Å²) < 4.78 is 0. The SMILES string of the molecule is CC(=O)NC1CCCN(C(=S)Nc2ccc(Cl)c(Cl)c2)C1. The monoisotopic (exact) mass is 345 g/mol. The Morgan fingerprint density at radius 2 is 2.14 bits per heavy atom. The minimum Gasteiger partial charge on any atom is -0.352 e. The van der Waals surface area contributed by atoms with Crippen LogP contribution in [0.5, 0.6) is 0 Å². The molecule has 0 spiro atoms. The fraction of sp³-hybridized carbons (Fsp3) is 0.429. The number of likely N-dealkylation sites (tertiary alicyclic amines) is 1. The van der Waals surface area contributed by atoms with Crippen LogP contribution in [0.15, 0.2) is 18.2 Å². The summed E-state index contributed by atoms with van der Waals surface area (Å²) in [5.74, 6) is -0.00906.